The average Bonchev–Trinajstić information content (AvgIpc) is 2.27. The second kappa shape index (κ2) is 7.09. The van der Waals surface area contributed by atoms with Crippen LogP contribution >= 0.6 is 11.8 Å². The minimum absolute atomic E-state index is 0.108. The van der Waals surface area contributed by atoms with Gasteiger partial charge in [-0.1, -0.05) is 6.42 Å². The highest BCUT2D eigenvalue weighted by molar-refractivity contribution is 7.99. The zero-order valence-corrected chi connectivity index (χ0v) is 10.0. The average molecular weight is 232 g/mol. The van der Waals surface area contributed by atoms with Gasteiger partial charge < -0.3 is 15.8 Å². The molecule has 0 aromatic rings. The zero-order valence-electron chi connectivity index (χ0n) is 9.20. The zero-order chi connectivity index (χ0) is 11.1. The summed E-state index contributed by atoms with van der Waals surface area (Å²) in [6.07, 6.45) is 3.78. The molecule has 1 rings (SSSR count). The summed E-state index contributed by atoms with van der Waals surface area (Å²) < 4.78 is 4.83. The summed E-state index contributed by atoms with van der Waals surface area (Å²) in [4.78, 5) is 11.5. The molecule has 1 heterocycles. The Hall–Kier alpha value is -0.260. The number of carbonyl (C=O) groups excluding carboxylic acids is 1. The van der Waals surface area contributed by atoms with Gasteiger partial charge in [-0.2, -0.15) is 11.8 Å². The van der Waals surface area contributed by atoms with E-state index in [0.717, 1.165) is 6.54 Å². The number of thioether (sulfide) groups is 1. The van der Waals surface area contributed by atoms with Crippen LogP contribution in [0.3, 0.4) is 0 Å². The van der Waals surface area contributed by atoms with Gasteiger partial charge in [0.05, 0.1) is 6.61 Å². The van der Waals surface area contributed by atoms with E-state index in [9.17, 15) is 4.79 Å². The number of ether oxygens (including phenoxy) is 1. The lowest BCUT2D eigenvalue weighted by molar-refractivity contribution is -0.123. The van der Waals surface area contributed by atoms with Crippen LogP contribution in [-0.4, -0.2) is 43.2 Å². The van der Waals surface area contributed by atoms with Gasteiger partial charge in [0.25, 0.3) is 0 Å². The molecule has 1 amide bonds. The maximum Gasteiger partial charge on any atom is 0.239 e. The Morgan fingerprint density at radius 1 is 1.67 bits per heavy atom. The third-order valence-electron chi connectivity index (χ3n) is 2.46. The molecular formula is C10H20N2O2S. The van der Waals surface area contributed by atoms with Crippen molar-refractivity contribution in [2.45, 2.75) is 30.6 Å². The fourth-order valence-corrected chi connectivity index (χ4v) is 2.81. The SMILES string of the molecule is COCC(N)C(=O)NCC1CCCCS1. The van der Waals surface area contributed by atoms with E-state index in [-0.39, 0.29) is 12.5 Å². The third-order valence-corrected chi connectivity index (χ3v) is 3.86. The largest absolute Gasteiger partial charge is 0.383 e. The summed E-state index contributed by atoms with van der Waals surface area (Å²) in [5.41, 5.74) is 5.60. The van der Waals surface area contributed by atoms with Crippen molar-refractivity contribution in [2.75, 3.05) is 26.0 Å². The minimum Gasteiger partial charge on any atom is -0.383 e. The summed E-state index contributed by atoms with van der Waals surface area (Å²) in [6.45, 7) is 1.02. The van der Waals surface area contributed by atoms with Crippen molar-refractivity contribution in [3.05, 3.63) is 0 Å². The molecule has 88 valence electrons. The second-order valence-corrected chi connectivity index (χ2v) is 5.20. The van der Waals surface area contributed by atoms with Gasteiger partial charge in [-0.05, 0) is 18.6 Å². The lowest BCUT2D eigenvalue weighted by Gasteiger charge is -2.22. The molecule has 0 aromatic heterocycles. The molecule has 4 nitrogen and oxygen atoms in total. The van der Waals surface area contributed by atoms with Gasteiger partial charge in [-0.3, -0.25) is 4.79 Å². The van der Waals surface area contributed by atoms with Crippen LogP contribution in [-0.2, 0) is 9.53 Å². The molecule has 0 aliphatic carbocycles. The van der Waals surface area contributed by atoms with Crippen molar-refractivity contribution in [1.82, 2.24) is 5.32 Å². The molecule has 1 aliphatic rings. The predicted molar refractivity (Wildman–Crippen MR) is 63.0 cm³/mol. The molecule has 1 aliphatic heterocycles. The Labute approximate surface area is 95.3 Å². The monoisotopic (exact) mass is 232 g/mol. The fourth-order valence-electron chi connectivity index (χ4n) is 1.57. The standard InChI is InChI=1S/C10H20N2O2S/c1-14-7-9(11)10(13)12-6-8-4-2-3-5-15-8/h8-9H,2-7,11H2,1H3,(H,12,13). The molecule has 0 bridgehead atoms. The summed E-state index contributed by atoms with van der Waals surface area (Å²) in [7, 11) is 1.55. The van der Waals surface area contributed by atoms with Gasteiger partial charge in [-0.25, -0.2) is 0 Å². The first-order valence-electron chi connectivity index (χ1n) is 5.38. The Morgan fingerprint density at radius 2 is 2.47 bits per heavy atom. The smallest absolute Gasteiger partial charge is 0.239 e. The van der Waals surface area contributed by atoms with E-state index in [1.807, 2.05) is 11.8 Å². The Kier molecular flexibility index (Phi) is 6.05. The molecule has 0 aromatic carbocycles. The molecule has 15 heavy (non-hydrogen) atoms. The van der Waals surface area contributed by atoms with Crippen LogP contribution in [0, 0.1) is 0 Å². The molecule has 5 heteroatoms. The summed E-state index contributed by atoms with van der Waals surface area (Å²) >= 11 is 1.94. The molecule has 2 atom stereocenters. The van der Waals surface area contributed by atoms with E-state index in [4.69, 9.17) is 10.5 Å². The highest BCUT2D eigenvalue weighted by Crippen LogP contribution is 2.24. The number of methoxy groups -OCH3 is 1. The van der Waals surface area contributed by atoms with Crippen molar-refractivity contribution in [3.63, 3.8) is 0 Å². The first-order valence-corrected chi connectivity index (χ1v) is 6.42. The van der Waals surface area contributed by atoms with Crippen LogP contribution in [0.25, 0.3) is 0 Å². The minimum atomic E-state index is -0.538. The van der Waals surface area contributed by atoms with Crippen molar-refractivity contribution in [1.29, 1.82) is 0 Å². The molecule has 1 saturated heterocycles. The van der Waals surface area contributed by atoms with Crippen LogP contribution in [0.15, 0.2) is 0 Å². The van der Waals surface area contributed by atoms with Crippen molar-refractivity contribution < 1.29 is 9.53 Å². The summed E-state index contributed by atoms with van der Waals surface area (Å²) in [6, 6.07) is -0.538. The van der Waals surface area contributed by atoms with E-state index < -0.39 is 6.04 Å². The molecule has 0 spiro atoms. The van der Waals surface area contributed by atoms with Gasteiger partial charge in [0, 0.05) is 18.9 Å². The van der Waals surface area contributed by atoms with Gasteiger partial charge in [0.15, 0.2) is 0 Å². The van der Waals surface area contributed by atoms with Gasteiger partial charge >= 0.3 is 0 Å². The number of nitrogens with two attached hydrogens (primary N) is 1. The first-order chi connectivity index (χ1) is 7.24. The van der Waals surface area contributed by atoms with E-state index in [2.05, 4.69) is 5.32 Å². The van der Waals surface area contributed by atoms with E-state index in [0.29, 0.717) is 5.25 Å². The summed E-state index contributed by atoms with van der Waals surface area (Å²) in [5.74, 6) is 1.10. The van der Waals surface area contributed by atoms with E-state index >= 15 is 0 Å². The number of hydrogen-bond donors (Lipinski definition) is 2. The first kappa shape index (κ1) is 12.8. The van der Waals surface area contributed by atoms with Crippen molar-refractivity contribution in [3.8, 4) is 0 Å². The van der Waals surface area contributed by atoms with Gasteiger partial charge in [-0.15, -0.1) is 0 Å². The van der Waals surface area contributed by atoms with Crippen LogP contribution in [0.5, 0.6) is 0 Å². The van der Waals surface area contributed by atoms with E-state index in [1.165, 1.54) is 25.0 Å². The Bertz CT molecular complexity index is 196. The highest BCUT2D eigenvalue weighted by atomic mass is 32.2. The molecule has 2 unspecified atom stereocenters. The fraction of sp³-hybridized carbons (Fsp3) is 0.900. The Morgan fingerprint density at radius 3 is 3.07 bits per heavy atom. The lowest BCUT2D eigenvalue weighted by atomic mass is 10.2. The van der Waals surface area contributed by atoms with Crippen molar-refractivity contribution in [2.24, 2.45) is 5.73 Å². The summed E-state index contributed by atoms with van der Waals surface area (Å²) in [5, 5.41) is 3.44. The number of hydrogen-bond acceptors (Lipinski definition) is 4. The van der Waals surface area contributed by atoms with Crippen LogP contribution in [0.1, 0.15) is 19.3 Å². The van der Waals surface area contributed by atoms with Crippen LogP contribution in [0.2, 0.25) is 0 Å². The van der Waals surface area contributed by atoms with Crippen LogP contribution in [0.4, 0.5) is 0 Å². The lowest BCUT2D eigenvalue weighted by Crippen LogP contribution is -2.45. The molecular weight excluding hydrogens is 212 g/mol. The topological polar surface area (TPSA) is 64.3 Å². The van der Waals surface area contributed by atoms with Crippen molar-refractivity contribution >= 4 is 17.7 Å². The predicted octanol–water partition coefficient (Wildman–Crippen LogP) is 0.362. The maximum atomic E-state index is 11.5. The second-order valence-electron chi connectivity index (χ2n) is 3.80. The molecule has 3 N–H and O–H groups in total. The number of nitrogens with one attached hydrogen (secondary N) is 1. The molecule has 0 radical (unpaired) electrons. The highest BCUT2D eigenvalue weighted by Gasteiger charge is 2.17. The van der Waals surface area contributed by atoms with E-state index in [1.54, 1.807) is 7.11 Å². The number of rotatable bonds is 5. The van der Waals surface area contributed by atoms with Crippen LogP contribution < -0.4 is 11.1 Å². The quantitative estimate of drug-likeness (QED) is 0.718. The normalized spacial score (nSPS) is 23.5. The van der Waals surface area contributed by atoms with Gasteiger partial charge in [0.1, 0.15) is 6.04 Å². The number of amides is 1. The maximum absolute atomic E-state index is 11.5. The number of carbonyl (C=O) groups is 1. The Balaban J connectivity index is 2.14. The van der Waals surface area contributed by atoms with Gasteiger partial charge in [0.2, 0.25) is 5.91 Å². The molecule has 1 fully saturated rings. The third kappa shape index (κ3) is 4.86. The molecule has 0 saturated carbocycles.